The first-order valence-electron chi connectivity index (χ1n) is 10.7. The van der Waals surface area contributed by atoms with Gasteiger partial charge in [-0.05, 0) is 25.7 Å². The van der Waals surface area contributed by atoms with Crippen molar-refractivity contribution in [1.29, 1.82) is 0 Å². The minimum atomic E-state index is -2.48. The topological polar surface area (TPSA) is 27.7 Å². The third-order valence-electron chi connectivity index (χ3n) is 4.30. The third kappa shape index (κ3) is 13.4. The van der Waals surface area contributed by atoms with E-state index in [2.05, 4.69) is 27.7 Å². The highest BCUT2D eigenvalue weighted by molar-refractivity contribution is 6.60. The SMILES string of the molecule is CCCCCO[Si](CCCCC)(OCCCCC)OCCCCC. The summed E-state index contributed by atoms with van der Waals surface area (Å²) in [5, 5.41) is 0. The Morgan fingerprint density at radius 3 is 1.12 bits per heavy atom. The first-order valence-corrected chi connectivity index (χ1v) is 12.6. The van der Waals surface area contributed by atoms with Gasteiger partial charge in [0.15, 0.2) is 0 Å². The molecule has 0 spiro atoms. The Morgan fingerprint density at radius 1 is 0.458 bits per heavy atom. The maximum absolute atomic E-state index is 6.33. The lowest BCUT2D eigenvalue weighted by Crippen LogP contribution is -2.46. The van der Waals surface area contributed by atoms with Crippen LogP contribution in [0.2, 0.25) is 6.04 Å². The van der Waals surface area contributed by atoms with Gasteiger partial charge in [-0.1, -0.05) is 79.1 Å². The van der Waals surface area contributed by atoms with Gasteiger partial charge in [-0.15, -0.1) is 0 Å². The molecule has 0 amide bonds. The van der Waals surface area contributed by atoms with E-state index in [0.717, 1.165) is 51.5 Å². The van der Waals surface area contributed by atoms with Crippen LogP contribution >= 0.6 is 0 Å². The van der Waals surface area contributed by atoms with Crippen molar-refractivity contribution in [3.63, 3.8) is 0 Å². The van der Waals surface area contributed by atoms with Crippen LogP contribution in [0.25, 0.3) is 0 Å². The summed E-state index contributed by atoms with van der Waals surface area (Å²) in [6.07, 6.45) is 14.4. The molecular formula is C20H44O3Si. The van der Waals surface area contributed by atoms with Crippen LogP contribution in [0.5, 0.6) is 0 Å². The third-order valence-corrected chi connectivity index (χ3v) is 7.19. The molecule has 0 aliphatic rings. The Morgan fingerprint density at radius 2 is 0.792 bits per heavy atom. The van der Waals surface area contributed by atoms with Crippen LogP contribution in [0.15, 0.2) is 0 Å². The normalized spacial score (nSPS) is 12.0. The summed E-state index contributed by atoms with van der Waals surface area (Å²) in [6, 6.07) is 0.991. The van der Waals surface area contributed by atoms with E-state index in [-0.39, 0.29) is 0 Å². The molecule has 0 unspecified atom stereocenters. The summed E-state index contributed by atoms with van der Waals surface area (Å²) in [5.74, 6) is 0. The molecule has 0 N–H and O–H groups in total. The van der Waals surface area contributed by atoms with E-state index >= 15 is 0 Å². The summed E-state index contributed by atoms with van der Waals surface area (Å²) >= 11 is 0. The van der Waals surface area contributed by atoms with Gasteiger partial charge < -0.3 is 13.3 Å². The van der Waals surface area contributed by atoms with Gasteiger partial charge >= 0.3 is 8.80 Å². The molecule has 0 radical (unpaired) electrons. The lowest BCUT2D eigenvalue weighted by molar-refractivity contribution is 0.0549. The second kappa shape index (κ2) is 17.9. The zero-order chi connectivity index (χ0) is 17.9. The van der Waals surface area contributed by atoms with Gasteiger partial charge in [0.05, 0.1) is 0 Å². The summed E-state index contributed by atoms with van der Waals surface area (Å²) < 4.78 is 19.0. The average Bonchev–Trinajstić information content (AvgIpc) is 2.60. The van der Waals surface area contributed by atoms with Crippen LogP contribution in [-0.4, -0.2) is 28.6 Å². The van der Waals surface area contributed by atoms with E-state index in [1.807, 2.05) is 0 Å². The van der Waals surface area contributed by atoms with Crippen molar-refractivity contribution in [2.24, 2.45) is 0 Å². The van der Waals surface area contributed by atoms with E-state index < -0.39 is 8.80 Å². The van der Waals surface area contributed by atoms with Gasteiger partial charge in [-0.3, -0.25) is 0 Å². The quantitative estimate of drug-likeness (QED) is 0.189. The van der Waals surface area contributed by atoms with Gasteiger partial charge in [0.1, 0.15) is 0 Å². The fourth-order valence-corrected chi connectivity index (χ4v) is 5.40. The fourth-order valence-electron chi connectivity index (χ4n) is 2.67. The van der Waals surface area contributed by atoms with Crippen LogP contribution < -0.4 is 0 Å². The highest BCUT2D eigenvalue weighted by atomic mass is 28.4. The molecule has 0 heterocycles. The second-order valence-corrected chi connectivity index (χ2v) is 9.54. The van der Waals surface area contributed by atoms with Crippen molar-refractivity contribution in [3.05, 3.63) is 0 Å². The monoisotopic (exact) mass is 360 g/mol. The highest BCUT2D eigenvalue weighted by Crippen LogP contribution is 2.22. The molecule has 0 rings (SSSR count). The van der Waals surface area contributed by atoms with Crippen molar-refractivity contribution in [2.45, 2.75) is 111 Å². The predicted molar refractivity (Wildman–Crippen MR) is 107 cm³/mol. The first-order chi connectivity index (χ1) is 11.7. The fraction of sp³-hybridized carbons (Fsp3) is 1.00. The van der Waals surface area contributed by atoms with Crippen molar-refractivity contribution in [3.8, 4) is 0 Å². The zero-order valence-corrected chi connectivity index (χ0v) is 18.0. The standard InChI is InChI=1S/C20H44O3Si/c1-5-9-13-17-21-24(20-16-12-8-4,22-18-14-10-6-2)23-19-15-11-7-3/h5-20H2,1-4H3. The molecule has 0 fully saturated rings. The Bertz CT molecular complexity index is 218. The minimum absolute atomic E-state index is 0.799. The average molecular weight is 361 g/mol. The van der Waals surface area contributed by atoms with Crippen LogP contribution in [-0.2, 0) is 13.3 Å². The summed E-state index contributed by atoms with van der Waals surface area (Å²) in [5.41, 5.74) is 0. The molecule has 0 aromatic heterocycles. The number of unbranched alkanes of at least 4 members (excludes halogenated alkanes) is 8. The number of hydrogen-bond acceptors (Lipinski definition) is 3. The van der Waals surface area contributed by atoms with Crippen molar-refractivity contribution in [2.75, 3.05) is 19.8 Å². The Labute approximate surface area is 153 Å². The summed E-state index contributed by atoms with van der Waals surface area (Å²) in [4.78, 5) is 0. The van der Waals surface area contributed by atoms with Crippen molar-refractivity contribution < 1.29 is 13.3 Å². The minimum Gasteiger partial charge on any atom is -0.373 e. The van der Waals surface area contributed by atoms with Gasteiger partial charge in [-0.25, -0.2) is 0 Å². The van der Waals surface area contributed by atoms with Gasteiger partial charge in [0.25, 0.3) is 0 Å². The molecule has 4 heteroatoms. The van der Waals surface area contributed by atoms with E-state index in [9.17, 15) is 0 Å². The first kappa shape index (κ1) is 24.1. The van der Waals surface area contributed by atoms with Crippen LogP contribution in [0.4, 0.5) is 0 Å². The molecular weight excluding hydrogens is 316 g/mol. The van der Waals surface area contributed by atoms with Crippen LogP contribution in [0.1, 0.15) is 105 Å². The maximum atomic E-state index is 6.33. The predicted octanol–water partition coefficient (Wildman–Crippen LogP) is 6.74. The number of hydrogen-bond donors (Lipinski definition) is 0. The smallest absolute Gasteiger partial charge is 0.373 e. The molecule has 146 valence electrons. The summed E-state index contributed by atoms with van der Waals surface area (Å²) in [7, 11) is -2.48. The van der Waals surface area contributed by atoms with Crippen LogP contribution in [0, 0.1) is 0 Å². The highest BCUT2D eigenvalue weighted by Gasteiger charge is 2.40. The molecule has 0 saturated carbocycles. The number of rotatable bonds is 19. The molecule has 0 aromatic carbocycles. The van der Waals surface area contributed by atoms with E-state index in [0.29, 0.717) is 0 Å². The van der Waals surface area contributed by atoms with E-state index in [1.165, 1.54) is 51.4 Å². The molecule has 0 saturated heterocycles. The zero-order valence-electron chi connectivity index (χ0n) is 17.0. The van der Waals surface area contributed by atoms with E-state index in [4.69, 9.17) is 13.3 Å². The molecule has 0 atom stereocenters. The second-order valence-electron chi connectivity index (χ2n) is 6.81. The van der Waals surface area contributed by atoms with Gasteiger partial charge in [-0.2, -0.15) is 0 Å². The maximum Gasteiger partial charge on any atom is 0.500 e. The molecule has 0 aliphatic heterocycles. The van der Waals surface area contributed by atoms with Gasteiger partial charge in [0.2, 0.25) is 0 Å². The van der Waals surface area contributed by atoms with Gasteiger partial charge in [0, 0.05) is 25.9 Å². The molecule has 0 bridgehead atoms. The Hall–Kier alpha value is 0.0969. The van der Waals surface area contributed by atoms with Crippen LogP contribution in [0.3, 0.4) is 0 Å². The lowest BCUT2D eigenvalue weighted by atomic mass is 10.3. The Kier molecular flexibility index (Phi) is 18.0. The summed E-state index contributed by atoms with van der Waals surface area (Å²) in [6.45, 7) is 11.3. The molecule has 0 aliphatic carbocycles. The largest absolute Gasteiger partial charge is 0.500 e. The van der Waals surface area contributed by atoms with Crippen molar-refractivity contribution in [1.82, 2.24) is 0 Å². The molecule has 3 nitrogen and oxygen atoms in total. The lowest BCUT2D eigenvalue weighted by Gasteiger charge is -2.30. The van der Waals surface area contributed by atoms with E-state index in [1.54, 1.807) is 0 Å². The molecule has 0 aromatic rings. The molecule has 24 heavy (non-hydrogen) atoms. The van der Waals surface area contributed by atoms with Crippen molar-refractivity contribution >= 4 is 8.80 Å². The Balaban J connectivity index is 4.58.